The van der Waals surface area contributed by atoms with Gasteiger partial charge in [-0.25, -0.2) is 28.7 Å². The van der Waals surface area contributed by atoms with E-state index in [9.17, 15) is 13.6 Å². The van der Waals surface area contributed by atoms with E-state index >= 15 is 0 Å². The van der Waals surface area contributed by atoms with E-state index in [1.165, 1.54) is 12.3 Å². The molecule has 1 aromatic carbocycles. The topological polar surface area (TPSA) is 121 Å². The van der Waals surface area contributed by atoms with Crippen molar-refractivity contribution in [3.05, 3.63) is 59.7 Å². The number of anilines is 2. The lowest BCUT2D eigenvalue weighted by atomic mass is 10.1. The molecule has 200 valence electrons. The Hall–Kier alpha value is -4.03. The van der Waals surface area contributed by atoms with Gasteiger partial charge in [0, 0.05) is 51.1 Å². The molecule has 4 aromatic rings. The van der Waals surface area contributed by atoms with Gasteiger partial charge < -0.3 is 25.2 Å². The van der Waals surface area contributed by atoms with Crippen LogP contribution in [0.15, 0.2) is 36.7 Å². The number of rotatable bonds is 5. The molecule has 3 aromatic heterocycles. The Morgan fingerprint density at radius 2 is 1.79 bits per heavy atom. The zero-order valence-corrected chi connectivity index (χ0v) is 21.7. The van der Waals surface area contributed by atoms with Crippen LogP contribution in [0.25, 0.3) is 22.3 Å². The highest BCUT2D eigenvalue weighted by atomic mass is 19.1. The number of aliphatic hydroxyl groups excluding tert-OH is 1. The Kier molecular flexibility index (Phi) is 8.23. The number of hydrogen-bond donors (Lipinski definition) is 3. The molecule has 0 radical (unpaired) electrons. The van der Waals surface area contributed by atoms with E-state index in [4.69, 9.17) is 5.11 Å². The molecule has 38 heavy (non-hydrogen) atoms. The summed E-state index contributed by atoms with van der Waals surface area (Å²) in [5, 5.41) is 13.1. The lowest BCUT2D eigenvalue weighted by Crippen LogP contribution is -2.46. The third-order valence-electron chi connectivity index (χ3n) is 6.11. The van der Waals surface area contributed by atoms with Gasteiger partial charge in [-0.2, -0.15) is 0 Å². The Morgan fingerprint density at radius 3 is 2.45 bits per heavy atom. The van der Waals surface area contributed by atoms with Crippen LogP contribution in [0.1, 0.15) is 36.1 Å². The smallest absolute Gasteiger partial charge is 0.255 e. The van der Waals surface area contributed by atoms with Crippen molar-refractivity contribution in [2.24, 2.45) is 0 Å². The van der Waals surface area contributed by atoms with Crippen molar-refractivity contribution in [3.63, 3.8) is 0 Å². The highest BCUT2D eigenvalue weighted by Crippen LogP contribution is 2.30. The van der Waals surface area contributed by atoms with Crippen molar-refractivity contribution in [1.82, 2.24) is 34.7 Å². The molecule has 1 aliphatic rings. The van der Waals surface area contributed by atoms with E-state index in [0.717, 1.165) is 26.4 Å². The largest absolute Gasteiger partial charge is 0.400 e. The highest BCUT2D eigenvalue weighted by molar-refractivity contribution is 5.94. The number of carbonyl (C=O) groups is 1. The van der Waals surface area contributed by atoms with E-state index in [2.05, 4.69) is 30.6 Å². The maximum absolute atomic E-state index is 14.9. The van der Waals surface area contributed by atoms with E-state index < -0.39 is 11.6 Å². The SMILES string of the molecule is CO.Cc1nc2c(F)cc(-c3nc(Nc4ccc(C(=O)N5CCNCC5)cn4)ncc3F)cc2n1C(C)C. The number of hydrogen-bond acceptors (Lipinski definition) is 8. The van der Waals surface area contributed by atoms with E-state index in [-0.39, 0.29) is 34.7 Å². The number of pyridine rings is 1. The molecule has 1 aliphatic heterocycles. The van der Waals surface area contributed by atoms with Gasteiger partial charge >= 0.3 is 0 Å². The fourth-order valence-electron chi connectivity index (χ4n) is 4.45. The highest BCUT2D eigenvalue weighted by Gasteiger charge is 2.20. The summed E-state index contributed by atoms with van der Waals surface area (Å²) >= 11 is 0. The Morgan fingerprint density at radius 1 is 1.05 bits per heavy atom. The van der Waals surface area contributed by atoms with Crippen LogP contribution >= 0.6 is 0 Å². The molecular formula is C26H30F2N8O2. The molecule has 0 spiro atoms. The zero-order valence-electron chi connectivity index (χ0n) is 21.7. The minimum atomic E-state index is -0.684. The molecule has 0 aliphatic carbocycles. The van der Waals surface area contributed by atoms with Gasteiger partial charge in [-0.15, -0.1) is 0 Å². The Labute approximate surface area is 218 Å². The summed E-state index contributed by atoms with van der Waals surface area (Å²) in [6.07, 6.45) is 2.51. The average molecular weight is 525 g/mol. The first-order chi connectivity index (χ1) is 18.3. The minimum absolute atomic E-state index is 0.0460. The lowest BCUT2D eigenvalue weighted by molar-refractivity contribution is 0.0735. The first kappa shape index (κ1) is 27.0. The average Bonchev–Trinajstić information content (AvgIpc) is 3.28. The van der Waals surface area contributed by atoms with Crippen molar-refractivity contribution in [2.75, 3.05) is 38.6 Å². The van der Waals surface area contributed by atoms with Crippen LogP contribution in [0.3, 0.4) is 0 Å². The van der Waals surface area contributed by atoms with Crippen LogP contribution in [0, 0.1) is 18.6 Å². The predicted molar refractivity (Wildman–Crippen MR) is 140 cm³/mol. The fourth-order valence-corrected chi connectivity index (χ4v) is 4.45. The van der Waals surface area contributed by atoms with Crippen LogP contribution in [0.4, 0.5) is 20.5 Å². The molecule has 5 rings (SSSR count). The number of carbonyl (C=O) groups excluding carboxylic acids is 1. The summed E-state index contributed by atoms with van der Waals surface area (Å²) < 4.78 is 31.5. The van der Waals surface area contributed by atoms with Crippen LogP contribution in [-0.2, 0) is 0 Å². The monoisotopic (exact) mass is 524 g/mol. The number of halogens is 2. The normalized spacial score (nSPS) is 13.4. The van der Waals surface area contributed by atoms with Gasteiger partial charge in [0.1, 0.15) is 22.9 Å². The molecule has 0 saturated carbocycles. The maximum atomic E-state index is 14.9. The lowest BCUT2D eigenvalue weighted by Gasteiger charge is -2.27. The van der Waals surface area contributed by atoms with E-state index in [1.807, 2.05) is 25.3 Å². The number of aromatic nitrogens is 5. The first-order valence-corrected chi connectivity index (χ1v) is 12.2. The number of nitrogens with one attached hydrogen (secondary N) is 2. The van der Waals surface area contributed by atoms with Gasteiger partial charge in [0.15, 0.2) is 11.6 Å². The second kappa shape index (κ2) is 11.6. The van der Waals surface area contributed by atoms with Gasteiger partial charge in [-0.3, -0.25) is 4.79 Å². The number of amides is 1. The third-order valence-corrected chi connectivity index (χ3v) is 6.11. The van der Waals surface area contributed by atoms with Crippen molar-refractivity contribution >= 4 is 28.7 Å². The van der Waals surface area contributed by atoms with Gasteiger partial charge in [0.25, 0.3) is 5.91 Å². The summed E-state index contributed by atoms with van der Waals surface area (Å²) in [6, 6.07) is 6.26. The molecule has 12 heteroatoms. The summed E-state index contributed by atoms with van der Waals surface area (Å²) in [4.78, 5) is 31.3. The van der Waals surface area contributed by atoms with Crippen molar-refractivity contribution in [1.29, 1.82) is 0 Å². The molecule has 1 amide bonds. The molecule has 10 nitrogen and oxygen atoms in total. The molecule has 1 saturated heterocycles. The third kappa shape index (κ3) is 5.46. The molecule has 0 atom stereocenters. The van der Waals surface area contributed by atoms with E-state index in [1.54, 1.807) is 23.1 Å². The Balaban J connectivity index is 0.00000164. The second-order valence-corrected chi connectivity index (χ2v) is 8.94. The van der Waals surface area contributed by atoms with Gasteiger partial charge in [-0.05, 0) is 45.0 Å². The van der Waals surface area contributed by atoms with Gasteiger partial charge in [0.2, 0.25) is 5.95 Å². The summed E-state index contributed by atoms with van der Waals surface area (Å²) in [7, 11) is 1.00. The number of fused-ring (bicyclic) bond motifs is 1. The van der Waals surface area contributed by atoms with Crippen LogP contribution < -0.4 is 10.6 Å². The number of aryl methyl sites for hydroxylation is 1. The zero-order chi connectivity index (χ0) is 27.4. The minimum Gasteiger partial charge on any atom is -0.400 e. The predicted octanol–water partition coefficient (Wildman–Crippen LogP) is 3.45. The van der Waals surface area contributed by atoms with Crippen molar-refractivity contribution in [2.45, 2.75) is 26.8 Å². The quantitative estimate of drug-likeness (QED) is 0.363. The number of piperazine rings is 1. The Bertz CT molecular complexity index is 1430. The van der Waals surface area contributed by atoms with Crippen LogP contribution in [0.2, 0.25) is 0 Å². The fraction of sp³-hybridized carbons (Fsp3) is 0.346. The van der Waals surface area contributed by atoms with Crippen LogP contribution in [-0.4, -0.2) is 73.7 Å². The molecule has 3 N–H and O–H groups in total. The summed E-state index contributed by atoms with van der Waals surface area (Å²) in [5.41, 5.74) is 1.50. The number of nitrogens with zero attached hydrogens (tertiary/aromatic N) is 6. The standard InChI is InChI=1S/C25H26F2N8O.CH4O/c1-14(2)35-15(3)31-23-18(26)10-17(11-20(23)35)22-19(27)13-30-25(33-22)32-21-5-4-16(12-29-21)24(36)34-8-6-28-7-9-34;1-2/h4-5,10-14,28H,6-9H2,1-3H3,(H,29,30,32,33);2H,1H3. The molecule has 1 fully saturated rings. The van der Waals surface area contributed by atoms with Crippen molar-refractivity contribution < 1.29 is 18.7 Å². The molecule has 4 heterocycles. The number of imidazole rings is 1. The van der Waals surface area contributed by atoms with Gasteiger partial charge in [0.05, 0.1) is 17.3 Å². The van der Waals surface area contributed by atoms with Gasteiger partial charge in [-0.1, -0.05) is 0 Å². The number of benzene rings is 1. The summed E-state index contributed by atoms with van der Waals surface area (Å²) in [6.45, 7) is 8.58. The first-order valence-electron chi connectivity index (χ1n) is 12.2. The van der Waals surface area contributed by atoms with Crippen molar-refractivity contribution in [3.8, 4) is 11.3 Å². The molecule has 0 unspecified atom stereocenters. The van der Waals surface area contributed by atoms with Crippen LogP contribution in [0.5, 0.6) is 0 Å². The number of aliphatic hydroxyl groups is 1. The molecular weight excluding hydrogens is 494 g/mol. The second-order valence-electron chi connectivity index (χ2n) is 8.94. The van der Waals surface area contributed by atoms with E-state index in [0.29, 0.717) is 35.8 Å². The summed E-state index contributed by atoms with van der Waals surface area (Å²) in [5.74, 6) is -0.162. The maximum Gasteiger partial charge on any atom is 0.255 e. The molecule has 0 bridgehead atoms.